The van der Waals surface area contributed by atoms with Gasteiger partial charge in [-0.15, -0.1) is 0 Å². The Balaban J connectivity index is 1.64. The molecule has 164 valence electrons. The highest BCUT2D eigenvalue weighted by molar-refractivity contribution is 6.08. The van der Waals surface area contributed by atoms with Gasteiger partial charge < -0.3 is 19.5 Å². The highest BCUT2D eigenvalue weighted by Crippen LogP contribution is 2.45. The van der Waals surface area contributed by atoms with E-state index in [1.54, 1.807) is 54.7 Å². The number of aliphatic carboxylic acids is 1. The van der Waals surface area contributed by atoms with E-state index in [9.17, 15) is 14.7 Å². The molecule has 0 fully saturated rings. The number of aromatic nitrogens is 1. The van der Waals surface area contributed by atoms with Gasteiger partial charge in [0.05, 0.1) is 13.5 Å². The van der Waals surface area contributed by atoms with Gasteiger partial charge in [0.25, 0.3) is 5.91 Å². The molecule has 0 saturated carbocycles. The lowest BCUT2D eigenvalue weighted by Crippen LogP contribution is -2.37. The lowest BCUT2D eigenvalue weighted by molar-refractivity contribution is -0.137. The summed E-state index contributed by atoms with van der Waals surface area (Å²) in [5.74, 6) is -0.150. The van der Waals surface area contributed by atoms with E-state index >= 15 is 0 Å². The quantitative estimate of drug-likeness (QED) is 0.600. The summed E-state index contributed by atoms with van der Waals surface area (Å²) in [7, 11) is 1.57. The summed E-state index contributed by atoms with van der Waals surface area (Å²) >= 11 is 0. The molecule has 0 aliphatic carbocycles. The van der Waals surface area contributed by atoms with Crippen LogP contribution >= 0.6 is 0 Å². The van der Waals surface area contributed by atoms with E-state index < -0.39 is 5.97 Å². The van der Waals surface area contributed by atoms with Gasteiger partial charge in [0.15, 0.2) is 0 Å². The van der Waals surface area contributed by atoms with Crippen LogP contribution in [0, 0.1) is 0 Å². The molecule has 1 aromatic heterocycles. The van der Waals surface area contributed by atoms with Gasteiger partial charge in [-0.1, -0.05) is 6.07 Å². The smallest absolute Gasteiger partial charge is 0.304 e. The molecule has 1 N–H and O–H groups in total. The Morgan fingerprint density at radius 3 is 2.50 bits per heavy atom. The monoisotopic (exact) mass is 432 g/mol. The van der Waals surface area contributed by atoms with Crippen LogP contribution in [0.25, 0.3) is 0 Å². The Hall–Kier alpha value is -3.87. The summed E-state index contributed by atoms with van der Waals surface area (Å²) in [5.41, 5.74) is 2.94. The Kier molecular flexibility index (Phi) is 6.07. The second-order valence-corrected chi connectivity index (χ2v) is 7.72. The molecule has 2 unspecified atom stereocenters. The number of hydrogen-bond donors (Lipinski definition) is 1. The van der Waals surface area contributed by atoms with E-state index in [1.807, 2.05) is 31.2 Å². The second kappa shape index (κ2) is 9.09. The SMILES string of the molecule is COc1ccc(C(=O)N2c3ccc(OCc4cccnc4)cc3C(CC(=O)O)C2C)cc1. The van der Waals surface area contributed by atoms with Crippen molar-refractivity contribution < 1.29 is 24.2 Å². The lowest BCUT2D eigenvalue weighted by Gasteiger charge is -2.25. The minimum atomic E-state index is -0.909. The number of carboxylic acid groups (broad SMARTS) is 1. The molecule has 0 saturated heterocycles. The third kappa shape index (κ3) is 4.27. The summed E-state index contributed by atoms with van der Waals surface area (Å²) in [6.07, 6.45) is 3.36. The number of benzene rings is 2. The molecule has 32 heavy (non-hydrogen) atoms. The fourth-order valence-corrected chi connectivity index (χ4v) is 4.08. The molecule has 1 amide bonds. The number of rotatable bonds is 7. The van der Waals surface area contributed by atoms with Crippen molar-refractivity contribution in [1.82, 2.24) is 4.98 Å². The fourth-order valence-electron chi connectivity index (χ4n) is 4.08. The van der Waals surface area contributed by atoms with Crippen LogP contribution in [0.5, 0.6) is 11.5 Å². The van der Waals surface area contributed by atoms with Crippen molar-refractivity contribution in [2.75, 3.05) is 12.0 Å². The van der Waals surface area contributed by atoms with Crippen LogP contribution in [-0.2, 0) is 11.4 Å². The number of carbonyl (C=O) groups is 2. The zero-order valence-electron chi connectivity index (χ0n) is 17.9. The minimum Gasteiger partial charge on any atom is -0.497 e. The van der Waals surface area contributed by atoms with Crippen LogP contribution in [0.3, 0.4) is 0 Å². The van der Waals surface area contributed by atoms with Gasteiger partial charge in [0.1, 0.15) is 18.1 Å². The van der Waals surface area contributed by atoms with E-state index in [-0.39, 0.29) is 24.3 Å². The summed E-state index contributed by atoms with van der Waals surface area (Å²) in [4.78, 5) is 30.7. The van der Waals surface area contributed by atoms with Gasteiger partial charge in [0, 0.05) is 41.2 Å². The molecular formula is C25H24N2O5. The number of hydrogen-bond acceptors (Lipinski definition) is 5. The van der Waals surface area contributed by atoms with Gasteiger partial charge in [-0.25, -0.2) is 0 Å². The van der Waals surface area contributed by atoms with E-state index in [1.165, 1.54) is 0 Å². The van der Waals surface area contributed by atoms with E-state index in [2.05, 4.69) is 4.98 Å². The maximum Gasteiger partial charge on any atom is 0.304 e. The van der Waals surface area contributed by atoms with Crippen LogP contribution in [0.1, 0.15) is 40.7 Å². The molecule has 3 aromatic rings. The topological polar surface area (TPSA) is 89.0 Å². The molecule has 7 nitrogen and oxygen atoms in total. The molecule has 2 aromatic carbocycles. The molecule has 0 radical (unpaired) electrons. The van der Waals surface area contributed by atoms with Gasteiger partial charge in [-0.2, -0.15) is 0 Å². The number of carboxylic acids is 1. The molecule has 4 rings (SSSR count). The summed E-state index contributed by atoms with van der Waals surface area (Å²) in [6, 6.07) is 15.8. The number of methoxy groups -OCH3 is 1. The molecule has 0 spiro atoms. The number of pyridine rings is 1. The Labute approximate surface area is 186 Å². The molecule has 2 atom stereocenters. The van der Waals surface area contributed by atoms with Crippen LogP contribution in [-0.4, -0.2) is 35.1 Å². The average molecular weight is 432 g/mol. The molecule has 0 bridgehead atoms. The van der Waals surface area contributed by atoms with Crippen LogP contribution in [0.15, 0.2) is 67.0 Å². The highest BCUT2D eigenvalue weighted by Gasteiger charge is 2.40. The third-order valence-electron chi connectivity index (χ3n) is 5.73. The van der Waals surface area contributed by atoms with Gasteiger partial charge in [-0.05, 0) is 61.0 Å². The standard InChI is InChI=1S/C25H24N2O5/c1-16-21(13-24(28)29)22-12-20(32-15-17-4-3-11-26-14-17)9-10-23(22)27(16)25(30)18-5-7-19(31-2)8-6-18/h3-12,14,16,21H,13,15H2,1-2H3,(H,28,29). The van der Waals surface area contributed by atoms with Crippen molar-refractivity contribution in [3.05, 3.63) is 83.7 Å². The fraction of sp³-hybridized carbons (Fsp3) is 0.240. The van der Waals surface area contributed by atoms with Crippen molar-refractivity contribution in [3.63, 3.8) is 0 Å². The normalized spacial score (nSPS) is 17.0. The number of carbonyl (C=O) groups excluding carboxylic acids is 1. The van der Waals surface area contributed by atoms with E-state index in [0.717, 1.165) is 11.1 Å². The first kappa shape index (κ1) is 21.4. The Bertz CT molecular complexity index is 1110. The van der Waals surface area contributed by atoms with Crippen molar-refractivity contribution in [1.29, 1.82) is 0 Å². The van der Waals surface area contributed by atoms with Gasteiger partial charge >= 0.3 is 5.97 Å². The summed E-state index contributed by atoms with van der Waals surface area (Å²) in [5, 5.41) is 9.48. The third-order valence-corrected chi connectivity index (χ3v) is 5.73. The molecule has 1 aliphatic heterocycles. The largest absolute Gasteiger partial charge is 0.497 e. The number of fused-ring (bicyclic) bond motifs is 1. The lowest BCUT2D eigenvalue weighted by atomic mass is 9.92. The average Bonchev–Trinajstić information content (AvgIpc) is 3.08. The van der Waals surface area contributed by atoms with E-state index in [0.29, 0.717) is 29.4 Å². The summed E-state index contributed by atoms with van der Waals surface area (Å²) < 4.78 is 11.1. The van der Waals surface area contributed by atoms with Crippen molar-refractivity contribution in [2.45, 2.75) is 31.9 Å². The first-order valence-electron chi connectivity index (χ1n) is 10.3. The zero-order valence-corrected chi connectivity index (χ0v) is 17.9. The first-order chi connectivity index (χ1) is 15.5. The maximum absolute atomic E-state index is 13.3. The van der Waals surface area contributed by atoms with Crippen LogP contribution in [0.4, 0.5) is 5.69 Å². The van der Waals surface area contributed by atoms with Crippen LogP contribution in [0.2, 0.25) is 0 Å². The molecule has 2 heterocycles. The number of nitrogens with zero attached hydrogens (tertiary/aromatic N) is 2. The second-order valence-electron chi connectivity index (χ2n) is 7.72. The predicted octanol–water partition coefficient (Wildman–Crippen LogP) is 4.28. The van der Waals surface area contributed by atoms with E-state index in [4.69, 9.17) is 9.47 Å². The molecule has 1 aliphatic rings. The number of amides is 1. The first-order valence-corrected chi connectivity index (χ1v) is 10.3. The van der Waals surface area contributed by atoms with Gasteiger partial charge in [-0.3, -0.25) is 14.6 Å². The zero-order chi connectivity index (χ0) is 22.7. The Morgan fingerprint density at radius 2 is 1.84 bits per heavy atom. The molecule has 7 heteroatoms. The van der Waals surface area contributed by atoms with Crippen molar-refractivity contribution in [2.24, 2.45) is 0 Å². The van der Waals surface area contributed by atoms with Gasteiger partial charge in [0.2, 0.25) is 0 Å². The van der Waals surface area contributed by atoms with Crippen LogP contribution < -0.4 is 14.4 Å². The maximum atomic E-state index is 13.3. The number of ether oxygens (including phenoxy) is 2. The predicted molar refractivity (Wildman–Crippen MR) is 119 cm³/mol. The van der Waals surface area contributed by atoms with Crippen molar-refractivity contribution in [3.8, 4) is 11.5 Å². The summed E-state index contributed by atoms with van der Waals surface area (Å²) in [6.45, 7) is 2.23. The molecular weight excluding hydrogens is 408 g/mol. The van der Waals surface area contributed by atoms with Crippen molar-refractivity contribution >= 4 is 17.6 Å². The highest BCUT2D eigenvalue weighted by atomic mass is 16.5. The number of anilines is 1. The Morgan fingerprint density at radius 1 is 1.09 bits per heavy atom. The minimum absolute atomic E-state index is 0.0768.